The molecule has 0 saturated carbocycles. The van der Waals surface area contributed by atoms with Crippen molar-refractivity contribution in [3.63, 3.8) is 0 Å². The topological polar surface area (TPSA) is 57.6 Å². The Kier molecular flexibility index (Phi) is 2.79. The standard InChI is InChI=1S/C16H13NO3/c1-10(11-6-8-12(18)9-7-11)17-15(19)13-4-2-3-5-14(13)16(17)20/h2-10,18H,1H3/t10-/m1/s1. The number of fused-ring (bicyclic) bond motifs is 1. The first-order valence-electron chi connectivity index (χ1n) is 6.35. The lowest BCUT2D eigenvalue weighted by Gasteiger charge is -2.22. The van der Waals surface area contributed by atoms with Crippen LogP contribution in [0.4, 0.5) is 0 Å². The van der Waals surface area contributed by atoms with E-state index in [4.69, 9.17) is 0 Å². The largest absolute Gasteiger partial charge is 0.508 e. The maximum Gasteiger partial charge on any atom is 0.262 e. The summed E-state index contributed by atoms with van der Waals surface area (Å²) in [5.74, 6) is -0.388. The van der Waals surface area contributed by atoms with E-state index >= 15 is 0 Å². The van der Waals surface area contributed by atoms with Gasteiger partial charge in [0.05, 0.1) is 17.2 Å². The molecule has 100 valence electrons. The molecule has 1 heterocycles. The van der Waals surface area contributed by atoms with Gasteiger partial charge in [-0.3, -0.25) is 14.5 Å². The van der Waals surface area contributed by atoms with Crippen molar-refractivity contribution in [2.75, 3.05) is 0 Å². The van der Waals surface area contributed by atoms with E-state index in [1.807, 2.05) is 0 Å². The van der Waals surface area contributed by atoms with Crippen LogP contribution in [-0.4, -0.2) is 21.8 Å². The van der Waals surface area contributed by atoms with Crippen LogP contribution in [0.3, 0.4) is 0 Å². The third kappa shape index (κ3) is 1.77. The fourth-order valence-corrected chi connectivity index (χ4v) is 2.46. The minimum atomic E-state index is -0.372. The van der Waals surface area contributed by atoms with Crippen molar-refractivity contribution < 1.29 is 14.7 Å². The highest BCUT2D eigenvalue weighted by atomic mass is 16.3. The van der Waals surface area contributed by atoms with E-state index in [0.29, 0.717) is 11.1 Å². The second-order valence-electron chi connectivity index (χ2n) is 4.79. The molecule has 0 spiro atoms. The lowest BCUT2D eigenvalue weighted by atomic mass is 10.1. The van der Waals surface area contributed by atoms with E-state index in [-0.39, 0.29) is 23.6 Å². The smallest absolute Gasteiger partial charge is 0.262 e. The third-order valence-electron chi connectivity index (χ3n) is 3.59. The maximum absolute atomic E-state index is 12.3. The number of phenolic OH excluding ortho intramolecular Hbond substituents is 1. The molecule has 1 N–H and O–H groups in total. The van der Waals surface area contributed by atoms with Crippen molar-refractivity contribution >= 4 is 11.8 Å². The minimum Gasteiger partial charge on any atom is -0.508 e. The highest BCUT2D eigenvalue weighted by molar-refractivity contribution is 6.21. The Morgan fingerprint density at radius 2 is 1.40 bits per heavy atom. The summed E-state index contributed by atoms with van der Waals surface area (Å²) in [5, 5.41) is 9.30. The summed E-state index contributed by atoms with van der Waals surface area (Å²) in [6.45, 7) is 1.80. The third-order valence-corrected chi connectivity index (χ3v) is 3.59. The van der Waals surface area contributed by atoms with Gasteiger partial charge in [0.25, 0.3) is 11.8 Å². The molecule has 4 nitrogen and oxygen atoms in total. The average Bonchev–Trinajstić information content (AvgIpc) is 2.72. The quantitative estimate of drug-likeness (QED) is 0.851. The molecule has 0 fully saturated rings. The molecule has 20 heavy (non-hydrogen) atoms. The summed E-state index contributed by atoms with van der Waals surface area (Å²) in [7, 11) is 0. The number of benzene rings is 2. The molecule has 1 aliphatic heterocycles. The van der Waals surface area contributed by atoms with Crippen LogP contribution in [0.2, 0.25) is 0 Å². The van der Waals surface area contributed by atoms with Crippen molar-refractivity contribution in [1.29, 1.82) is 0 Å². The summed E-state index contributed by atoms with van der Waals surface area (Å²) in [6.07, 6.45) is 0. The fraction of sp³-hybridized carbons (Fsp3) is 0.125. The molecule has 0 aliphatic carbocycles. The Bertz CT molecular complexity index is 656. The van der Waals surface area contributed by atoms with E-state index in [1.165, 1.54) is 4.90 Å². The zero-order valence-corrected chi connectivity index (χ0v) is 10.9. The second-order valence-corrected chi connectivity index (χ2v) is 4.79. The summed E-state index contributed by atoms with van der Waals surface area (Å²) in [5.41, 5.74) is 1.70. The van der Waals surface area contributed by atoms with Crippen molar-refractivity contribution in [1.82, 2.24) is 4.90 Å². The molecule has 2 amide bonds. The number of aromatic hydroxyl groups is 1. The Morgan fingerprint density at radius 1 is 0.900 bits per heavy atom. The van der Waals surface area contributed by atoms with Crippen LogP contribution in [0.1, 0.15) is 39.2 Å². The van der Waals surface area contributed by atoms with Gasteiger partial charge in [-0.05, 0) is 36.8 Å². The Morgan fingerprint density at radius 3 is 1.90 bits per heavy atom. The first kappa shape index (κ1) is 12.4. The molecule has 0 bridgehead atoms. The van der Waals surface area contributed by atoms with Gasteiger partial charge in [0.1, 0.15) is 5.75 Å². The molecule has 1 atom stereocenters. The molecule has 4 heteroatoms. The van der Waals surface area contributed by atoms with Crippen LogP contribution in [-0.2, 0) is 0 Å². The highest BCUT2D eigenvalue weighted by Crippen LogP contribution is 2.31. The number of amides is 2. The van der Waals surface area contributed by atoms with Crippen LogP contribution in [0.5, 0.6) is 5.75 Å². The highest BCUT2D eigenvalue weighted by Gasteiger charge is 2.38. The van der Waals surface area contributed by atoms with Gasteiger partial charge >= 0.3 is 0 Å². The van der Waals surface area contributed by atoms with Crippen LogP contribution < -0.4 is 0 Å². The minimum absolute atomic E-state index is 0.156. The van der Waals surface area contributed by atoms with Gasteiger partial charge in [0.2, 0.25) is 0 Å². The van der Waals surface area contributed by atoms with Crippen molar-refractivity contribution in [2.45, 2.75) is 13.0 Å². The SMILES string of the molecule is C[C@H](c1ccc(O)cc1)N1C(=O)c2ccccc2C1=O. The average molecular weight is 267 g/mol. The first-order chi connectivity index (χ1) is 9.59. The first-order valence-corrected chi connectivity index (χ1v) is 6.35. The lowest BCUT2D eigenvalue weighted by Crippen LogP contribution is -2.32. The number of carbonyl (C=O) groups is 2. The van der Waals surface area contributed by atoms with E-state index in [1.54, 1.807) is 55.5 Å². The maximum atomic E-state index is 12.3. The number of hydrogen-bond donors (Lipinski definition) is 1. The molecule has 2 aromatic carbocycles. The molecule has 0 saturated heterocycles. The predicted molar refractivity (Wildman–Crippen MR) is 73.5 cm³/mol. The molecule has 0 unspecified atom stereocenters. The van der Waals surface area contributed by atoms with E-state index < -0.39 is 0 Å². The monoisotopic (exact) mass is 267 g/mol. The zero-order valence-electron chi connectivity index (χ0n) is 10.9. The van der Waals surface area contributed by atoms with E-state index in [0.717, 1.165) is 5.56 Å². The van der Waals surface area contributed by atoms with Gasteiger partial charge in [-0.1, -0.05) is 24.3 Å². The number of hydrogen-bond acceptors (Lipinski definition) is 3. The van der Waals surface area contributed by atoms with Gasteiger partial charge in [0.15, 0.2) is 0 Å². The lowest BCUT2D eigenvalue weighted by molar-refractivity contribution is 0.0595. The Labute approximate surface area is 116 Å². The second kappa shape index (κ2) is 4.49. The van der Waals surface area contributed by atoms with Crippen LogP contribution >= 0.6 is 0 Å². The van der Waals surface area contributed by atoms with E-state index in [9.17, 15) is 14.7 Å². The number of carbonyl (C=O) groups excluding carboxylic acids is 2. The predicted octanol–water partition coefficient (Wildman–Crippen LogP) is 2.75. The van der Waals surface area contributed by atoms with Gasteiger partial charge in [-0.15, -0.1) is 0 Å². The number of nitrogens with zero attached hydrogens (tertiary/aromatic N) is 1. The van der Waals surface area contributed by atoms with Gasteiger partial charge < -0.3 is 5.11 Å². The molecule has 0 radical (unpaired) electrons. The van der Waals surface area contributed by atoms with Crippen LogP contribution in [0.25, 0.3) is 0 Å². The van der Waals surface area contributed by atoms with Crippen LogP contribution in [0.15, 0.2) is 48.5 Å². The van der Waals surface area contributed by atoms with Gasteiger partial charge in [0, 0.05) is 0 Å². The normalized spacial score (nSPS) is 15.3. The summed E-state index contributed by atoms with van der Waals surface area (Å²) >= 11 is 0. The summed E-state index contributed by atoms with van der Waals surface area (Å²) < 4.78 is 0. The van der Waals surface area contributed by atoms with Crippen molar-refractivity contribution in [2.24, 2.45) is 0 Å². The molecule has 2 aromatic rings. The van der Waals surface area contributed by atoms with Gasteiger partial charge in [-0.25, -0.2) is 0 Å². The van der Waals surface area contributed by atoms with Crippen molar-refractivity contribution in [3.8, 4) is 5.75 Å². The molecule has 3 rings (SSSR count). The molecular weight excluding hydrogens is 254 g/mol. The molecular formula is C16H13NO3. The fourth-order valence-electron chi connectivity index (χ4n) is 2.46. The number of imide groups is 1. The van der Waals surface area contributed by atoms with Crippen molar-refractivity contribution in [3.05, 3.63) is 65.2 Å². The number of phenols is 1. The van der Waals surface area contributed by atoms with Crippen LogP contribution in [0, 0.1) is 0 Å². The molecule has 0 aromatic heterocycles. The van der Waals surface area contributed by atoms with E-state index in [2.05, 4.69) is 0 Å². The van der Waals surface area contributed by atoms with Gasteiger partial charge in [-0.2, -0.15) is 0 Å². The Hall–Kier alpha value is -2.62. The summed E-state index contributed by atoms with van der Waals surface area (Å²) in [6, 6.07) is 13.0. The summed E-state index contributed by atoms with van der Waals surface area (Å²) in [4.78, 5) is 26.0. The zero-order chi connectivity index (χ0) is 14.3. The Balaban J connectivity index is 1.98. The number of rotatable bonds is 2. The molecule has 1 aliphatic rings.